The van der Waals surface area contributed by atoms with Crippen molar-refractivity contribution in [3.05, 3.63) is 24.3 Å². The number of ether oxygens (including phenoxy) is 3. The smallest absolute Gasteiger partial charge is 0.168 e. The van der Waals surface area contributed by atoms with Crippen LogP contribution in [0.1, 0.15) is 38.5 Å². The van der Waals surface area contributed by atoms with E-state index in [1.165, 1.54) is 18.5 Å². The van der Waals surface area contributed by atoms with Crippen LogP contribution in [0.15, 0.2) is 24.3 Å². The quantitative estimate of drug-likeness (QED) is 0.908. The number of para-hydroxylation sites is 2. The molecule has 2 saturated heterocycles. The first-order valence-electron chi connectivity index (χ1n) is 9.70. The number of piperidine rings is 1. The van der Waals surface area contributed by atoms with E-state index in [1.807, 2.05) is 6.07 Å². The third-order valence-corrected chi connectivity index (χ3v) is 5.88. The number of methoxy groups -OCH3 is 1. The Kier molecular flexibility index (Phi) is 5.15. The van der Waals surface area contributed by atoms with Crippen LogP contribution in [0.3, 0.4) is 0 Å². The minimum absolute atomic E-state index is 0.256. The highest BCUT2D eigenvalue weighted by atomic mass is 16.7. The van der Waals surface area contributed by atoms with Crippen LogP contribution in [-0.2, 0) is 9.47 Å². The SMILES string of the molecule is COc1ccccc1N1CCC[C@H](NC2CCC3(CC2)OCCO3)C1. The molecular formula is C20H30N2O3. The number of hydrogen-bond donors (Lipinski definition) is 1. The summed E-state index contributed by atoms with van der Waals surface area (Å²) in [4.78, 5) is 2.47. The van der Waals surface area contributed by atoms with Gasteiger partial charge >= 0.3 is 0 Å². The van der Waals surface area contributed by atoms with E-state index in [0.29, 0.717) is 12.1 Å². The molecule has 3 aliphatic rings. The van der Waals surface area contributed by atoms with E-state index in [4.69, 9.17) is 14.2 Å². The average Bonchev–Trinajstić information content (AvgIpc) is 3.12. The second-order valence-corrected chi connectivity index (χ2v) is 7.51. The number of hydrogen-bond acceptors (Lipinski definition) is 5. The van der Waals surface area contributed by atoms with Crippen LogP contribution >= 0.6 is 0 Å². The second kappa shape index (κ2) is 7.52. The number of anilines is 1. The lowest BCUT2D eigenvalue weighted by molar-refractivity contribution is -0.179. The maximum Gasteiger partial charge on any atom is 0.168 e. The molecule has 1 spiro atoms. The lowest BCUT2D eigenvalue weighted by Crippen LogP contribution is -2.51. The fourth-order valence-corrected chi connectivity index (χ4v) is 4.57. The Balaban J connectivity index is 1.33. The van der Waals surface area contributed by atoms with Gasteiger partial charge in [0.15, 0.2) is 5.79 Å². The molecule has 5 nitrogen and oxygen atoms in total. The molecule has 1 aromatic rings. The summed E-state index contributed by atoms with van der Waals surface area (Å²) in [5.74, 6) is 0.715. The molecule has 3 fully saturated rings. The molecular weight excluding hydrogens is 316 g/mol. The van der Waals surface area contributed by atoms with Gasteiger partial charge in [0.2, 0.25) is 0 Å². The first kappa shape index (κ1) is 17.1. The molecule has 2 aliphatic heterocycles. The molecule has 1 N–H and O–H groups in total. The molecule has 1 aliphatic carbocycles. The van der Waals surface area contributed by atoms with Gasteiger partial charge in [-0.05, 0) is 37.8 Å². The van der Waals surface area contributed by atoms with Crippen molar-refractivity contribution >= 4 is 5.69 Å². The number of benzene rings is 1. The Morgan fingerprint density at radius 2 is 1.84 bits per heavy atom. The molecule has 5 heteroatoms. The van der Waals surface area contributed by atoms with Crippen molar-refractivity contribution in [1.82, 2.24) is 5.32 Å². The van der Waals surface area contributed by atoms with Gasteiger partial charge in [-0.1, -0.05) is 12.1 Å². The van der Waals surface area contributed by atoms with E-state index in [-0.39, 0.29) is 5.79 Å². The van der Waals surface area contributed by atoms with E-state index in [9.17, 15) is 0 Å². The third-order valence-electron chi connectivity index (χ3n) is 5.88. The molecule has 4 rings (SSSR count). The Morgan fingerprint density at radius 1 is 1.08 bits per heavy atom. The Bertz CT molecular complexity index is 564. The van der Waals surface area contributed by atoms with Crippen molar-refractivity contribution in [3.8, 4) is 5.75 Å². The van der Waals surface area contributed by atoms with Crippen LogP contribution in [0, 0.1) is 0 Å². The van der Waals surface area contributed by atoms with Crippen LogP contribution in [0.25, 0.3) is 0 Å². The monoisotopic (exact) mass is 346 g/mol. The molecule has 0 amide bonds. The Morgan fingerprint density at radius 3 is 2.60 bits per heavy atom. The molecule has 138 valence electrons. The van der Waals surface area contributed by atoms with Crippen molar-refractivity contribution in [1.29, 1.82) is 0 Å². The average molecular weight is 346 g/mol. The van der Waals surface area contributed by atoms with Gasteiger partial charge in [-0.15, -0.1) is 0 Å². The van der Waals surface area contributed by atoms with Crippen molar-refractivity contribution in [2.75, 3.05) is 38.3 Å². The summed E-state index contributed by atoms with van der Waals surface area (Å²) in [7, 11) is 1.75. The van der Waals surface area contributed by atoms with Crippen LogP contribution < -0.4 is 15.0 Å². The van der Waals surface area contributed by atoms with Gasteiger partial charge in [-0.2, -0.15) is 0 Å². The maximum atomic E-state index is 5.85. The molecule has 1 saturated carbocycles. The van der Waals surface area contributed by atoms with E-state index < -0.39 is 0 Å². The van der Waals surface area contributed by atoms with E-state index in [0.717, 1.165) is 57.7 Å². The van der Waals surface area contributed by atoms with Crippen molar-refractivity contribution in [2.24, 2.45) is 0 Å². The van der Waals surface area contributed by atoms with Crippen LogP contribution in [0.4, 0.5) is 5.69 Å². The first-order chi connectivity index (χ1) is 12.3. The highest BCUT2D eigenvalue weighted by molar-refractivity contribution is 5.58. The van der Waals surface area contributed by atoms with E-state index >= 15 is 0 Å². The summed E-state index contributed by atoms with van der Waals surface area (Å²) in [5.41, 5.74) is 1.21. The minimum Gasteiger partial charge on any atom is -0.495 e. The van der Waals surface area contributed by atoms with Crippen molar-refractivity contribution < 1.29 is 14.2 Å². The largest absolute Gasteiger partial charge is 0.495 e. The predicted molar refractivity (Wildman–Crippen MR) is 98.3 cm³/mol. The standard InChI is InChI=1S/C20H30N2O3/c1-23-19-7-3-2-6-18(19)22-12-4-5-17(15-22)21-16-8-10-20(11-9-16)24-13-14-25-20/h2-3,6-7,16-17,21H,4-5,8-15H2,1H3/t17-/m0/s1. The summed E-state index contributed by atoms with van der Waals surface area (Å²) in [6.45, 7) is 3.67. The molecule has 1 atom stereocenters. The maximum absolute atomic E-state index is 5.85. The summed E-state index contributed by atoms with van der Waals surface area (Å²) < 4.78 is 17.2. The molecule has 0 bridgehead atoms. The second-order valence-electron chi connectivity index (χ2n) is 7.51. The molecule has 2 heterocycles. The minimum atomic E-state index is -0.256. The molecule has 25 heavy (non-hydrogen) atoms. The number of nitrogens with one attached hydrogen (secondary N) is 1. The molecule has 1 aromatic carbocycles. The zero-order chi connectivity index (χ0) is 17.1. The van der Waals surface area contributed by atoms with Gasteiger partial charge < -0.3 is 24.4 Å². The summed E-state index contributed by atoms with van der Waals surface area (Å²) in [6.07, 6.45) is 6.80. The van der Waals surface area contributed by atoms with E-state index in [2.05, 4.69) is 28.4 Å². The topological polar surface area (TPSA) is 43.0 Å². The lowest BCUT2D eigenvalue weighted by Gasteiger charge is -2.40. The van der Waals surface area contributed by atoms with Gasteiger partial charge in [0, 0.05) is 38.0 Å². The zero-order valence-electron chi connectivity index (χ0n) is 15.2. The molecule has 0 unspecified atom stereocenters. The van der Waals surface area contributed by atoms with Crippen LogP contribution in [0.5, 0.6) is 5.75 Å². The summed E-state index contributed by atoms with van der Waals surface area (Å²) in [5, 5.41) is 3.91. The fourth-order valence-electron chi connectivity index (χ4n) is 4.57. The van der Waals surface area contributed by atoms with Crippen molar-refractivity contribution in [3.63, 3.8) is 0 Å². The third kappa shape index (κ3) is 3.78. The highest BCUT2D eigenvalue weighted by Crippen LogP contribution is 2.36. The number of nitrogens with zero attached hydrogens (tertiary/aromatic N) is 1. The van der Waals surface area contributed by atoms with Gasteiger partial charge in [-0.25, -0.2) is 0 Å². The van der Waals surface area contributed by atoms with Crippen molar-refractivity contribution in [2.45, 2.75) is 56.4 Å². The van der Waals surface area contributed by atoms with Gasteiger partial charge in [0.1, 0.15) is 5.75 Å². The first-order valence-corrected chi connectivity index (χ1v) is 9.70. The predicted octanol–water partition coefficient (Wildman–Crippen LogP) is 2.94. The Labute approximate surface area is 150 Å². The highest BCUT2D eigenvalue weighted by Gasteiger charge is 2.40. The molecule has 0 radical (unpaired) electrons. The summed E-state index contributed by atoms with van der Waals surface area (Å²) in [6, 6.07) is 9.48. The van der Waals surface area contributed by atoms with Gasteiger partial charge in [0.05, 0.1) is 26.0 Å². The fraction of sp³-hybridized carbons (Fsp3) is 0.700. The summed E-state index contributed by atoms with van der Waals surface area (Å²) >= 11 is 0. The van der Waals surface area contributed by atoms with Crippen LogP contribution in [-0.4, -0.2) is 51.3 Å². The van der Waals surface area contributed by atoms with Gasteiger partial charge in [0.25, 0.3) is 0 Å². The van der Waals surface area contributed by atoms with Crippen LogP contribution in [0.2, 0.25) is 0 Å². The normalized spacial score (nSPS) is 26.9. The zero-order valence-corrected chi connectivity index (χ0v) is 15.2. The number of rotatable bonds is 4. The lowest BCUT2D eigenvalue weighted by atomic mass is 9.89. The van der Waals surface area contributed by atoms with E-state index in [1.54, 1.807) is 7.11 Å². The molecule has 0 aromatic heterocycles. The Hall–Kier alpha value is -1.30. The van der Waals surface area contributed by atoms with Gasteiger partial charge in [-0.3, -0.25) is 0 Å².